The molecule has 0 aliphatic rings. The van der Waals surface area contributed by atoms with E-state index in [2.05, 4.69) is 13.8 Å². The number of hydrogen-bond donors (Lipinski definition) is 0. The molecule has 0 bridgehead atoms. The number of unbranched alkanes of at least 4 members (excludes halogenated alkanes) is 1. The number of benzene rings is 2. The maximum Gasteiger partial charge on any atom is 0.428 e. The van der Waals surface area contributed by atoms with Crippen LogP contribution in [0.15, 0.2) is 88.5 Å². The standard InChI is InChI=1S/C32H36N2O5S3/c1-4-5-18-39-32(36)34(42(37,38)30-17-16-28(41-30)20-24(2)3)27-14-9-13-26(21-27)23-33(22-25-11-7-6-8-12-25)31(35)29-15-10-19-40-29/h6-17,19,21,24H,4-5,18,20,22-23H2,1-3H3. The number of anilines is 1. The molecule has 0 atom stereocenters. The average Bonchev–Trinajstić information content (AvgIpc) is 3.66. The van der Waals surface area contributed by atoms with Crippen LogP contribution in [0, 0.1) is 5.92 Å². The van der Waals surface area contributed by atoms with Crippen LogP contribution >= 0.6 is 22.7 Å². The summed E-state index contributed by atoms with van der Waals surface area (Å²) in [5.74, 6) is 0.237. The van der Waals surface area contributed by atoms with Crippen LogP contribution < -0.4 is 4.31 Å². The van der Waals surface area contributed by atoms with E-state index in [0.29, 0.717) is 29.3 Å². The molecule has 0 saturated heterocycles. The van der Waals surface area contributed by atoms with E-state index in [1.54, 1.807) is 41.3 Å². The molecule has 2 amide bonds. The number of nitrogens with zero attached hydrogens (tertiary/aromatic N) is 2. The monoisotopic (exact) mass is 624 g/mol. The smallest absolute Gasteiger partial charge is 0.428 e. The Hall–Kier alpha value is -3.47. The van der Waals surface area contributed by atoms with Gasteiger partial charge in [0.15, 0.2) is 0 Å². The Morgan fingerprint density at radius 2 is 1.64 bits per heavy atom. The highest BCUT2D eigenvalue weighted by molar-refractivity contribution is 7.95. The van der Waals surface area contributed by atoms with E-state index in [1.807, 2.05) is 54.8 Å². The van der Waals surface area contributed by atoms with E-state index < -0.39 is 16.1 Å². The first-order chi connectivity index (χ1) is 20.2. The molecule has 2 heterocycles. The molecule has 4 rings (SSSR count). The molecule has 0 saturated carbocycles. The first-order valence-electron chi connectivity index (χ1n) is 14.0. The summed E-state index contributed by atoms with van der Waals surface area (Å²) in [4.78, 5) is 30.1. The summed E-state index contributed by atoms with van der Waals surface area (Å²) in [6.07, 6.45) is 1.21. The molecule has 0 spiro atoms. The fourth-order valence-electron chi connectivity index (χ4n) is 4.36. The molecule has 4 aromatic rings. The minimum Gasteiger partial charge on any atom is -0.448 e. The van der Waals surface area contributed by atoms with Crippen LogP contribution in [0.2, 0.25) is 0 Å². The second kappa shape index (κ2) is 14.6. The second-order valence-electron chi connectivity index (χ2n) is 10.4. The average molecular weight is 625 g/mol. The lowest BCUT2D eigenvalue weighted by Crippen LogP contribution is -2.37. The maximum atomic E-state index is 13.9. The molecule has 2 aromatic carbocycles. The van der Waals surface area contributed by atoms with E-state index in [4.69, 9.17) is 4.74 Å². The summed E-state index contributed by atoms with van der Waals surface area (Å²) in [7, 11) is -4.25. The molecule has 2 aromatic heterocycles. The van der Waals surface area contributed by atoms with Gasteiger partial charge < -0.3 is 9.64 Å². The Bertz CT molecular complexity index is 1560. The summed E-state index contributed by atoms with van der Waals surface area (Å²) >= 11 is 2.54. The van der Waals surface area contributed by atoms with Crippen molar-refractivity contribution in [3.63, 3.8) is 0 Å². The lowest BCUT2D eigenvalue weighted by Gasteiger charge is -2.25. The van der Waals surface area contributed by atoms with Gasteiger partial charge >= 0.3 is 6.09 Å². The van der Waals surface area contributed by atoms with Gasteiger partial charge in [-0.05, 0) is 65.6 Å². The Morgan fingerprint density at radius 3 is 2.33 bits per heavy atom. The summed E-state index contributed by atoms with van der Waals surface area (Å²) in [6.45, 7) is 6.81. The van der Waals surface area contributed by atoms with E-state index >= 15 is 0 Å². The van der Waals surface area contributed by atoms with Crippen LogP contribution in [0.3, 0.4) is 0 Å². The fourth-order valence-corrected chi connectivity index (χ4v) is 8.03. The molecular formula is C32H36N2O5S3. The summed E-state index contributed by atoms with van der Waals surface area (Å²) in [5.41, 5.74) is 1.81. The van der Waals surface area contributed by atoms with E-state index in [9.17, 15) is 18.0 Å². The van der Waals surface area contributed by atoms with Crippen LogP contribution in [-0.2, 0) is 34.3 Å². The second-order valence-corrected chi connectivity index (χ2v) is 14.5. The molecule has 0 aliphatic heterocycles. The van der Waals surface area contributed by atoms with Crippen molar-refractivity contribution >= 4 is 50.4 Å². The van der Waals surface area contributed by atoms with E-state index in [0.717, 1.165) is 27.6 Å². The number of ether oxygens (including phenoxy) is 1. The van der Waals surface area contributed by atoms with Crippen molar-refractivity contribution in [1.82, 2.24) is 4.90 Å². The number of rotatable bonds is 13. The third-order valence-electron chi connectivity index (χ3n) is 6.38. The number of amides is 2. The molecule has 0 aliphatic carbocycles. The molecule has 0 unspecified atom stereocenters. The van der Waals surface area contributed by atoms with Gasteiger partial charge in [0.2, 0.25) is 0 Å². The normalized spacial score (nSPS) is 11.4. The van der Waals surface area contributed by atoms with Crippen LogP contribution in [0.25, 0.3) is 0 Å². The minimum atomic E-state index is -4.25. The minimum absolute atomic E-state index is 0.0783. The fraction of sp³-hybridized carbons (Fsp3) is 0.312. The molecule has 0 fully saturated rings. The van der Waals surface area contributed by atoms with Crippen molar-refractivity contribution in [3.05, 3.63) is 105 Å². The molecule has 0 N–H and O–H groups in total. The summed E-state index contributed by atoms with van der Waals surface area (Å²) in [5, 5.41) is 1.86. The van der Waals surface area contributed by atoms with Crippen molar-refractivity contribution < 1.29 is 22.7 Å². The lowest BCUT2D eigenvalue weighted by atomic mass is 10.1. The Labute approximate surface area is 256 Å². The van der Waals surface area contributed by atoms with Gasteiger partial charge in [-0.1, -0.05) is 75.7 Å². The topological polar surface area (TPSA) is 84.0 Å². The third kappa shape index (κ3) is 8.08. The lowest BCUT2D eigenvalue weighted by molar-refractivity contribution is 0.0735. The number of carbonyl (C=O) groups is 2. The van der Waals surface area contributed by atoms with E-state index in [-0.39, 0.29) is 29.0 Å². The van der Waals surface area contributed by atoms with Crippen LogP contribution in [0.4, 0.5) is 10.5 Å². The zero-order valence-electron chi connectivity index (χ0n) is 24.1. The van der Waals surface area contributed by atoms with E-state index in [1.165, 1.54) is 22.7 Å². The quantitative estimate of drug-likeness (QED) is 0.141. The Morgan fingerprint density at radius 1 is 0.905 bits per heavy atom. The highest BCUT2D eigenvalue weighted by Crippen LogP contribution is 2.31. The zero-order chi connectivity index (χ0) is 30.1. The molecule has 42 heavy (non-hydrogen) atoms. The first-order valence-corrected chi connectivity index (χ1v) is 17.1. The largest absolute Gasteiger partial charge is 0.448 e. The zero-order valence-corrected chi connectivity index (χ0v) is 26.5. The molecule has 10 heteroatoms. The Balaban J connectivity index is 1.68. The van der Waals surface area contributed by atoms with Gasteiger partial charge in [0.1, 0.15) is 4.21 Å². The number of carbonyl (C=O) groups excluding carboxylic acids is 2. The number of hydrogen-bond acceptors (Lipinski definition) is 7. The Kier molecular flexibility index (Phi) is 11.0. The van der Waals surface area contributed by atoms with Gasteiger partial charge in [0.25, 0.3) is 15.9 Å². The molecule has 0 radical (unpaired) electrons. The van der Waals surface area contributed by atoms with Gasteiger partial charge in [-0.3, -0.25) is 4.79 Å². The van der Waals surface area contributed by atoms with Crippen molar-refractivity contribution in [1.29, 1.82) is 0 Å². The summed E-state index contributed by atoms with van der Waals surface area (Å²) < 4.78 is 34.1. The van der Waals surface area contributed by atoms with Gasteiger partial charge in [-0.25, -0.2) is 4.79 Å². The van der Waals surface area contributed by atoms with Crippen molar-refractivity contribution in [2.75, 3.05) is 10.9 Å². The van der Waals surface area contributed by atoms with Crippen LogP contribution in [0.1, 0.15) is 59.3 Å². The predicted molar refractivity (Wildman–Crippen MR) is 170 cm³/mol. The predicted octanol–water partition coefficient (Wildman–Crippen LogP) is 7.98. The third-order valence-corrected chi connectivity index (χ3v) is 10.5. The van der Waals surface area contributed by atoms with Crippen molar-refractivity contribution in [2.24, 2.45) is 5.92 Å². The highest BCUT2D eigenvalue weighted by Gasteiger charge is 2.34. The maximum absolute atomic E-state index is 13.9. The van der Waals surface area contributed by atoms with Crippen molar-refractivity contribution in [2.45, 2.75) is 57.3 Å². The van der Waals surface area contributed by atoms with Gasteiger partial charge in [0, 0.05) is 18.0 Å². The van der Waals surface area contributed by atoms with Gasteiger partial charge in [0.05, 0.1) is 17.2 Å². The number of thiophene rings is 2. The first kappa shape index (κ1) is 31.5. The molecule has 222 valence electrons. The van der Waals surface area contributed by atoms with Gasteiger partial charge in [-0.2, -0.15) is 12.7 Å². The highest BCUT2D eigenvalue weighted by atomic mass is 32.2. The molecule has 7 nitrogen and oxygen atoms in total. The van der Waals surface area contributed by atoms with Crippen molar-refractivity contribution in [3.8, 4) is 0 Å². The SMILES string of the molecule is CCCCOC(=O)N(c1cccc(CN(Cc2ccccc2)C(=O)c2cccs2)c1)S(=O)(=O)c1ccc(CC(C)C)s1. The summed E-state index contributed by atoms with van der Waals surface area (Å²) in [6, 6.07) is 23.4. The van der Waals surface area contributed by atoms with Gasteiger partial charge in [-0.15, -0.1) is 22.7 Å². The molecular weight excluding hydrogens is 589 g/mol. The van der Waals surface area contributed by atoms with Crippen LogP contribution in [0.5, 0.6) is 0 Å². The van der Waals surface area contributed by atoms with Crippen LogP contribution in [-0.4, -0.2) is 31.9 Å². The number of sulfonamides is 1.